The first-order valence-electron chi connectivity index (χ1n) is 6.09. The molecule has 0 aliphatic heterocycles. The topological polar surface area (TPSA) is 32.3 Å². The number of rotatable bonds is 6. The molecule has 0 aliphatic carbocycles. The lowest BCUT2D eigenvalue weighted by Gasteiger charge is -2.21. The van der Waals surface area contributed by atoms with Crippen LogP contribution < -0.4 is 5.32 Å². The van der Waals surface area contributed by atoms with E-state index in [2.05, 4.69) is 25.4 Å². The first-order valence-corrected chi connectivity index (χ1v) is 7.48. The van der Waals surface area contributed by atoms with Crippen molar-refractivity contribution in [1.82, 2.24) is 5.32 Å². The molecule has 0 fully saturated rings. The fraction of sp³-hybridized carbons (Fsp3) is 0.571. The van der Waals surface area contributed by atoms with Crippen molar-refractivity contribution in [3.63, 3.8) is 0 Å². The number of hydrogen-bond acceptors (Lipinski definition) is 3. The third-order valence-corrected chi connectivity index (χ3v) is 3.58. The lowest BCUT2D eigenvalue weighted by atomic mass is 10.0. The van der Waals surface area contributed by atoms with E-state index in [-0.39, 0.29) is 6.04 Å². The van der Waals surface area contributed by atoms with Crippen LogP contribution in [0, 0.1) is 6.92 Å². The van der Waals surface area contributed by atoms with Crippen molar-refractivity contribution in [2.24, 2.45) is 0 Å². The summed E-state index contributed by atoms with van der Waals surface area (Å²) in [7, 11) is 0. The number of benzene rings is 1. The second-order valence-electron chi connectivity index (χ2n) is 4.63. The third-order valence-electron chi connectivity index (χ3n) is 2.94. The lowest BCUT2D eigenvalue weighted by Crippen LogP contribution is -2.29. The van der Waals surface area contributed by atoms with Gasteiger partial charge in [-0.3, -0.25) is 0 Å². The van der Waals surface area contributed by atoms with Crippen LogP contribution in [0.3, 0.4) is 0 Å². The molecule has 0 saturated heterocycles. The molecule has 1 aromatic carbocycles. The fourth-order valence-electron chi connectivity index (χ4n) is 1.92. The zero-order valence-electron chi connectivity index (χ0n) is 11.2. The summed E-state index contributed by atoms with van der Waals surface area (Å²) < 4.78 is 0. The molecule has 0 saturated carbocycles. The molecule has 0 aromatic heterocycles. The zero-order chi connectivity index (χ0) is 12.8. The van der Waals surface area contributed by atoms with Crippen LogP contribution in [0.1, 0.15) is 37.4 Å². The Bertz CT molecular complexity index is 354. The van der Waals surface area contributed by atoms with E-state index < -0.39 is 0 Å². The van der Waals surface area contributed by atoms with Crippen LogP contribution in [0.2, 0.25) is 0 Å². The molecule has 96 valence electrons. The molecule has 2 atom stereocenters. The Kier molecular flexibility index (Phi) is 5.86. The maximum atomic E-state index is 9.85. The van der Waals surface area contributed by atoms with Crippen molar-refractivity contribution in [2.45, 2.75) is 39.3 Å². The predicted molar refractivity (Wildman–Crippen MR) is 76.9 cm³/mol. The minimum Gasteiger partial charge on any atom is -0.508 e. The average molecular weight is 253 g/mol. The molecule has 3 heteroatoms. The lowest BCUT2D eigenvalue weighted by molar-refractivity contribution is 0.431. The van der Waals surface area contributed by atoms with Gasteiger partial charge in [0.05, 0.1) is 0 Å². The second-order valence-corrected chi connectivity index (χ2v) is 5.62. The van der Waals surface area contributed by atoms with Crippen molar-refractivity contribution in [2.75, 3.05) is 12.0 Å². The molecule has 0 radical (unpaired) electrons. The number of phenols is 1. The number of phenolic OH excluding ortho intramolecular Hbond substituents is 1. The normalized spacial score (nSPS) is 14.6. The van der Waals surface area contributed by atoms with Crippen LogP contribution >= 0.6 is 11.8 Å². The van der Waals surface area contributed by atoms with Gasteiger partial charge < -0.3 is 10.4 Å². The standard InChI is InChI=1S/C14H23NOS/c1-10-5-6-14(16)13(9-10)12(3)15-11(2)7-8-17-4/h5-6,9,11-12,15-16H,7-8H2,1-4H3. The van der Waals surface area contributed by atoms with Gasteiger partial charge >= 0.3 is 0 Å². The highest BCUT2D eigenvalue weighted by molar-refractivity contribution is 7.98. The SMILES string of the molecule is CSCCC(C)NC(C)c1cc(C)ccc1O. The predicted octanol–water partition coefficient (Wildman–Crippen LogP) is 3.49. The molecule has 17 heavy (non-hydrogen) atoms. The highest BCUT2D eigenvalue weighted by Gasteiger charge is 2.12. The first kappa shape index (κ1) is 14.4. The maximum absolute atomic E-state index is 9.85. The van der Waals surface area contributed by atoms with E-state index in [1.54, 1.807) is 6.07 Å². The number of aromatic hydroxyl groups is 1. The molecule has 2 unspecified atom stereocenters. The van der Waals surface area contributed by atoms with Crippen LogP contribution in [-0.2, 0) is 0 Å². The van der Waals surface area contributed by atoms with E-state index >= 15 is 0 Å². The molecular weight excluding hydrogens is 230 g/mol. The Morgan fingerprint density at radius 3 is 2.71 bits per heavy atom. The van der Waals surface area contributed by atoms with Crippen molar-refractivity contribution in [3.05, 3.63) is 29.3 Å². The summed E-state index contributed by atoms with van der Waals surface area (Å²) in [6.45, 7) is 6.34. The van der Waals surface area contributed by atoms with Gasteiger partial charge in [-0.2, -0.15) is 11.8 Å². The molecule has 0 heterocycles. The quantitative estimate of drug-likeness (QED) is 0.814. The van der Waals surface area contributed by atoms with E-state index in [1.165, 1.54) is 11.3 Å². The van der Waals surface area contributed by atoms with E-state index in [9.17, 15) is 5.11 Å². The largest absolute Gasteiger partial charge is 0.508 e. The molecular formula is C14H23NOS. The number of hydrogen-bond donors (Lipinski definition) is 2. The molecule has 1 aromatic rings. The van der Waals surface area contributed by atoms with Crippen LogP contribution in [0.4, 0.5) is 0 Å². The molecule has 0 aliphatic rings. The monoisotopic (exact) mass is 253 g/mol. The van der Waals surface area contributed by atoms with Gasteiger partial charge in [-0.05, 0) is 45.3 Å². The number of thioether (sulfide) groups is 1. The van der Waals surface area contributed by atoms with Crippen LogP contribution in [-0.4, -0.2) is 23.2 Å². The van der Waals surface area contributed by atoms with Gasteiger partial charge in [0, 0.05) is 17.6 Å². The van der Waals surface area contributed by atoms with E-state index in [0.717, 1.165) is 12.0 Å². The summed E-state index contributed by atoms with van der Waals surface area (Å²) in [6, 6.07) is 6.41. The van der Waals surface area contributed by atoms with Crippen molar-refractivity contribution < 1.29 is 5.11 Å². The fourth-order valence-corrected chi connectivity index (χ4v) is 2.50. The van der Waals surface area contributed by atoms with Crippen molar-refractivity contribution >= 4 is 11.8 Å². The molecule has 2 nitrogen and oxygen atoms in total. The van der Waals surface area contributed by atoms with Gasteiger partial charge in [0.1, 0.15) is 5.75 Å². The summed E-state index contributed by atoms with van der Waals surface area (Å²) in [5.41, 5.74) is 2.17. The summed E-state index contributed by atoms with van der Waals surface area (Å²) >= 11 is 1.87. The van der Waals surface area contributed by atoms with E-state index in [0.29, 0.717) is 11.8 Å². The number of nitrogens with one attached hydrogen (secondary N) is 1. The Morgan fingerprint density at radius 2 is 2.06 bits per heavy atom. The minimum atomic E-state index is 0.187. The highest BCUT2D eigenvalue weighted by Crippen LogP contribution is 2.25. The molecule has 0 spiro atoms. The van der Waals surface area contributed by atoms with Gasteiger partial charge in [0.25, 0.3) is 0 Å². The number of aryl methyl sites for hydroxylation is 1. The molecule has 2 N–H and O–H groups in total. The summed E-state index contributed by atoms with van der Waals surface area (Å²) in [6.07, 6.45) is 3.28. The minimum absolute atomic E-state index is 0.187. The smallest absolute Gasteiger partial charge is 0.120 e. The van der Waals surface area contributed by atoms with Crippen molar-refractivity contribution in [1.29, 1.82) is 0 Å². The molecule has 1 rings (SSSR count). The van der Waals surface area contributed by atoms with Crippen LogP contribution in [0.5, 0.6) is 5.75 Å². The van der Waals surface area contributed by atoms with Crippen molar-refractivity contribution in [3.8, 4) is 5.75 Å². The average Bonchev–Trinajstić information content (AvgIpc) is 2.29. The zero-order valence-corrected chi connectivity index (χ0v) is 12.0. The Hall–Kier alpha value is -0.670. The Labute approximate surface area is 109 Å². The Balaban J connectivity index is 2.62. The summed E-state index contributed by atoms with van der Waals surface area (Å²) in [5, 5.41) is 13.4. The second kappa shape index (κ2) is 6.92. The van der Waals surface area contributed by atoms with E-state index in [4.69, 9.17) is 0 Å². The first-order chi connectivity index (χ1) is 8.04. The Morgan fingerprint density at radius 1 is 1.35 bits per heavy atom. The highest BCUT2D eigenvalue weighted by atomic mass is 32.2. The summed E-state index contributed by atoms with van der Waals surface area (Å²) in [4.78, 5) is 0. The van der Waals surface area contributed by atoms with Gasteiger partial charge in [-0.25, -0.2) is 0 Å². The maximum Gasteiger partial charge on any atom is 0.120 e. The van der Waals surface area contributed by atoms with Crippen LogP contribution in [0.25, 0.3) is 0 Å². The molecule has 0 amide bonds. The van der Waals surface area contributed by atoms with Gasteiger partial charge in [0.2, 0.25) is 0 Å². The third kappa shape index (κ3) is 4.60. The van der Waals surface area contributed by atoms with Gasteiger partial charge in [-0.1, -0.05) is 17.7 Å². The molecule has 0 bridgehead atoms. The summed E-state index contributed by atoms with van der Waals surface area (Å²) in [5.74, 6) is 1.55. The van der Waals surface area contributed by atoms with Crippen LogP contribution in [0.15, 0.2) is 18.2 Å². The van der Waals surface area contributed by atoms with Gasteiger partial charge in [0.15, 0.2) is 0 Å². The van der Waals surface area contributed by atoms with Gasteiger partial charge in [-0.15, -0.1) is 0 Å². The van der Waals surface area contributed by atoms with E-state index in [1.807, 2.05) is 30.8 Å².